The predicted octanol–water partition coefficient (Wildman–Crippen LogP) is 3.85. The highest BCUT2D eigenvalue weighted by atomic mass is 79.9. The molecule has 0 fully saturated rings. The molecule has 4 nitrogen and oxygen atoms in total. The summed E-state index contributed by atoms with van der Waals surface area (Å²) < 4.78 is 2.75. The van der Waals surface area contributed by atoms with Crippen molar-refractivity contribution in [2.24, 2.45) is 0 Å². The minimum absolute atomic E-state index is 0.161. The number of nitrogens with one attached hydrogen (secondary N) is 1. The second kappa shape index (κ2) is 5.71. The molecule has 106 valence electrons. The summed E-state index contributed by atoms with van der Waals surface area (Å²) in [7, 11) is 0. The summed E-state index contributed by atoms with van der Waals surface area (Å²) in [5.41, 5.74) is 2.88. The molecule has 20 heavy (non-hydrogen) atoms. The van der Waals surface area contributed by atoms with Crippen LogP contribution in [-0.4, -0.2) is 15.6 Å². The van der Waals surface area contributed by atoms with Gasteiger partial charge >= 0.3 is 0 Å². The molecule has 0 saturated carbocycles. The van der Waals surface area contributed by atoms with Gasteiger partial charge < -0.3 is 15.0 Å². The molecule has 0 aliphatic carbocycles. The topological polar surface area (TPSA) is 54.3 Å². The van der Waals surface area contributed by atoms with Gasteiger partial charge in [0.2, 0.25) is 0 Å². The summed E-state index contributed by atoms with van der Waals surface area (Å²) in [6.07, 6.45) is 1.88. The Balaban J connectivity index is 2.30. The molecule has 1 heterocycles. The van der Waals surface area contributed by atoms with Gasteiger partial charge in [-0.25, -0.2) is 0 Å². The molecule has 0 aliphatic rings. The first-order valence-electron chi connectivity index (χ1n) is 6.39. The van der Waals surface area contributed by atoms with Crippen LogP contribution in [0.1, 0.15) is 28.5 Å². The fourth-order valence-corrected chi connectivity index (χ4v) is 2.51. The number of hydrogen-bond acceptors (Lipinski definition) is 2. The van der Waals surface area contributed by atoms with Gasteiger partial charge in [-0.1, -0.05) is 0 Å². The highest BCUT2D eigenvalue weighted by Gasteiger charge is 2.14. The molecular weight excluding hydrogens is 320 g/mol. The van der Waals surface area contributed by atoms with E-state index in [1.54, 1.807) is 25.1 Å². The molecule has 0 radical (unpaired) electrons. The second-order valence-corrected chi connectivity index (χ2v) is 5.65. The van der Waals surface area contributed by atoms with E-state index in [-0.39, 0.29) is 11.7 Å². The van der Waals surface area contributed by atoms with Crippen molar-refractivity contribution in [1.82, 2.24) is 4.57 Å². The molecule has 0 aliphatic heterocycles. The summed E-state index contributed by atoms with van der Waals surface area (Å²) in [6, 6.07) is 5.22. The third-order valence-corrected chi connectivity index (χ3v) is 3.66. The number of aryl methyl sites for hydroxylation is 3. The lowest BCUT2D eigenvalue weighted by Gasteiger charge is -2.11. The number of amides is 1. The number of anilines is 1. The first-order valence-corrected chi connectivity index (χ1v) is 7.19. The Morgan fingerprint density at radius 1 is 1.30 bits per heavy atom. The number of phenols is 1. The van der Waals surface area contributed by atoms with Gasteiger partial charge in [-0.05, 0) is 66.0 Å². The largest absolute Gasteiger partial charge is 0.508 e. The van der Waals surface area contributed by atoms with Crippen molar-refractivity contribution in [3.63, 3.8) is 0 Å². The van der Waals surface area contributed by atoms with Crippen LogP contribution in [0.3, 0.4) is 0 Å². The maximum absolute atomic E-state index is 12.3. The number of phenolic OH excluding ortho intramolecular Hbond substituents is 1. The Labute approximate surface area is 126 Å². The van der Waals surface area contributed by atoms with Crippen LogP contribution in [0.15, 0.2) is 28.9 Å². The van der Waals surface area contributed by atoms with Crippen LogP contribution < -0.4 is 5.32 Å². The standard InChI is InChI=1S/C15H17BrN2O2/c1-4-18-8-11(16)7-13(18)15(20)17-12-5-10(3)14(19)6-9(12)2/h5-8,19H,4H2,1-3H3,(H,17,20). The first-order chi connectivity index (χ1) is 9.42. The molecule has 2 rings (SSSR count). The van der Waals surface area contributed by atoms with Gasteiger partial charge in [-0.2, -0.15) is 0 Å². The summed E-state index contributed by atoms with van der Waals surface area (Å²) in [5, 5.41) is 12.5. The Bertz CT molecular complexity index is 662. The zero-order chi connectivity index (χ0) is 14.9. The van der Waals surface area contributed by atoms with Crippen LogP contribution in [-0.2, 0) is 6.54 Å². The number of aromatic hydroxyl groups is 1. The van der Waals surface area contributed by atoms with E-state index < -0.39 is 0 Å². The Morgan fingerprint density at radius 3 is 2.65 bits per heavy atom. The quantitative estimate of drug-likeness (QED) is 0.836. The Kier molecular flexibility index (Phi) is 4.18. The third-order valence-electron chi connectivity index (χ3n) is 3.23. The normalized spacial score (nSPS) is 10.6. The third kappa shape index (κ3) is 2.88. The number of nitrogens with zero attached hydrogens (tertiary/aromatic N) is 1. The lowest BCUT2D eigenvalue weighted by molar-refractivity contribution is 0.101. The zero-order valence-corrected chi connectivity index (χ0v) is 13.3. The average Bonchev–Trinajstić information content (AvgIpc) is 2.77. The number of benzene rings is 1. The number of halogens is 1. The molecule has 0 bridgehead atoms. The van der Waals surface area contributed by atoms with Crippen LogP contribution in [0.5, 0.6) is 5.75 Å². The monoisotopic (exact) mass is 336 g/mol. The first kappa shape index (κ1) is 14.7. The number of hydrogen-bond donors (Lipinski definition) is 2. The molecule has 5 heteroatoms. The molecule has 0 saturated heterocycles. The van der Waals surface area contributed by atoms with Crippen LogP contribution >= 0.6 is 15.9 Å². The minimum atomic E-state index is -0.161. The van der Waals surface area contributed by atoms with Crippen LogP contribution in [0.25, 0.3) is 0 Å². The van der Waals surface area contributed by atoms with E-state index in [2.05, 4.69) is 21.2 Å². The lowest BCUT2D eigenvalue weighted by Crippen LogP contribution is -2.17. The van der Waals surface area contributed by atoms with Crippen molar-refractivity contribution in [2.75, 3.05) is 5.32 Å². The highest BCUT2D eigenvalue weighted by molar-refractivity contribution is 9.10. The van der Waals surface area contributed by atoms with Crippen molar-refractivity contribution in [1.29, 1.82) is 0 Å². The van der Waals surface area contributed by atoms with E-state index in [1.807, 2.05) is 24.6 Å². The average molecular weight is 337 g/mol. The van der Waals surface area contributed by atoms with Gasteiger partial charge in [0.1, 0.15) is 11.4 Å². The molecule has 0 atom stereocenters. The minimum Gasteiger partial charge on any atom is -0.508 e. The molecule has 0 spiro atoms. The van der Waals surface area contributed by atoms with Crippen LogP contribution in [0.4, 0.5) is 5.69 Å². The van der Waals surface area contributed by atoms with Gasteiger partial charge in [0.15, 0.2) is 0 Å². The van der Waals surface area contributed by atoms with Gasteiger partial charge in [0, 0.05) is 22.9 Å². The second-order valence-electron chi connectivity index (χ2n) is 4.74. The maximum atomic E-state index is 12.3. The van der Waals surface area contributed by atoms with Gasteiger partial charge in [0.05, 0.1) is 0 Å². The molecular formula is C15H17BrN2O2. The molecule has 2 N–H and O–H groups in total. The summed E-state index contributed by atoms with van der Waals surface area (Å²) in [6.45, 7) is 6.36. The van der Waals surface area contributed by atoms with Crippen molar-refractivity contribution >= 4 is 27.5 Å². The van der Waals surface area contributed by atoms with E-state index in [1.165, 1.54) is 0 Å². The van der Waals surface area contributed by atoms with Crippen LogP contribution in [0.2, 0.25) is 0 Å². The van der Waals surface area contributed by atoms with Crippen molar-refractivity contribution in [3.8, 4) is 5.75 Å². The van der Waals surface area contributed by atoms with E-state index >= 15 is 0 Å². The number of carbonyl (C=O) groups excluding carboxylic acids is 1. The van der Waals surface area contributed by atoms with E-state index in [9.17, 15) is 9.90 Å². The van der Waals surface area contributed by atoms with E-state index in [4.69, 9.17) is 0 Å². The summed E-state index contributed by atoms with van der Waals surface area (Å²) in [4.78, 5) is 12.3. The summed E-state index contributed by atoms with van der Waals surface area (Å²) in [5.74, 6) is 0.0749. The number of carbonyl (C=O) groups is 1. The molecule has 0 unspecified atom stereocenters. The van der Waals surface area contributed by atoms with Crippen LogP contribution in [0, 0.1) is 13.8 Å². The van der Waals surface area contributed by atoms with Gasteiger partial charge in [0.25, 0.3) is 5.91 Å². The maximum Gasteiger partial charge on any atom is 0.272 e. The smallest absolute Gasteiger partial charge is 0.272 e. The highest BCUT2D eigenvalue weighted by Crippen LogP contribution is 2.25. The lowest BCUT2D eigenvalue weighted by atomic mass is 10.1. The SMILES string of the molecule is CCn1cc(Br)cc1C(=O)Nc1cc(C)c(O)cc1C. The van der Waals surface area contributed by atoms with Gasteiger partial charge in [-0.3, -0.25) is 4.79 Å². The Hall–Kier alpha value is -1.75. The summed E-state index contributed by atoms with van der Waals surface area (Å²) >= 11 is 3.38. The predicted molar refractivity (Wildman–Crippen MR) is 83.3 cm³/mol. The molecule has 1 amide bonds. The van der Waals surface area contributed by atoms with Crippen molar-refractivity contribution in [2.45, 2.75) is 27.3 Å². The molecule has 2 aromatic rings. The van der Waals surface area contributed by atoms with Crippen molar-refractivity contribution < 1.29 is 9.90 Å². The Morgan fingerprint density at radius 2 is 2.00 bits per heavy atom. The fourth-order valence-electron chi connectivity index (χ4n) is 2.05. The van der Waals surface area contributed by atoms with E-state index in [0.717, 1.165) is 22.1 Å². The number of aromatic nitrogens is 1. The zero-order valence-electron chi connectivity index (χ0n) is 11.7. The van der Waals surface area contributed by atoms with E-state index in [0.29, 0.717) is 11.4 Å². The van der Waals surface area contributed by atoms with Crippen molar-refractivity contribution in [3.05, 3.63) is 45.7 Å². The fraction of sp³-hybridized carbons (Fsp3) is 0.267. The molecule has 1 aromatic carbocycles. The molecule has 1 aromatic heterocycles. The number of rotatable bonds is 3. The van der Waals surface area contributed by atoms with Gasteiger partial charge in [-0.15, -0.1) is 0 Å².